The van der Waals surface area contributed by atoms with Gasteiger partial charge in [-0.15, -0.1) is 0 Å². The molecule has 0 spiro atoms. The van der Waals surface area contributed by atoms with Crippen molar-refractivity contribution >= 4 is 0 Å². The average Bonchev–Trinajstić information content (AvgIpc) is 2.55. The van der Waals surface area contributed by atoms with Crippen molar-refractivity contribution < 1.29 is 0 Å². The van der Waals surface area contributed by atoms with Crippen LogP contribution in [0.25, 0.3) is 0 Å². The molecule has 1 heterocycles. The van der Waals surface area contributed by atoms with Gasteiger partial charge in [0.1, 0.15) is 0 Å². The molecule has 1 aliphatic carbocycles. The van der Waals surface area contributed by atoms with Crippen molar-refractivity contribution in [2.24, 2.45) is 0 Å². The summed E-state index contributed by atoms with van der Waals surface area (Å²) in [6.45, 7) is 4.46. The summed E-state index contributed by atoms with van der Waals surface area (Å²) in [5, 5.41) is 3.69. The minimum absolute atomic E-state index is 0.332. The van der Waals surface area contributed by atoms with Crippen LogP contribution in [0, 0.1) is 0 Å². The quantitative estimate of drug-likeness (QED) is 0.899. The molecule has 1 N–H and O–H groups in total. The van der Waals surface area contributed by atoms with Crippen LogP contribution in [-0.4, -0.2) is 4.98 Å². The Bertz CT molecular complexity index is 592. The van der Waals surface area contributed by atoms with Crippen LogP contribution in [0.15, 0.2) is 42.7 Å². The Morgan fingerprint density at radius 1 is 0.857 bits per heavy atom. The third kappa shape index (κ3) is 3.33. The van der Waals surface area contributed by atoms with E-state index >= 15 is 0 Å². The van der Waals surface area contributed by atoms with Gasteiger partial charge in [-0.3, -0.25) is 4.98 Å². The first-order chi connectivity index (χ1) is 10.2. The molecule has 2 aromatic rings. The van der Waals surface area contributed by atoms with Crippen LogP contribution in [0.4, 0.5) is 0 Å². The van der Waals surface area contributed by atoms with E-state index in [-0.39, 0.29) is 0 Å². The topological polar surface area (TPSA) is 24.9 Å². The van der Waals surface area contributed by atoms with Crippen LogP contribution in [-0.2, 0) is 12.8 Å². The van der Waals surface area contributed by atoms with Crippen molar-refractivity contribution in [3.05, 3.63) is 65.0 Å². The maximum atomic E-state index is 4.09. The van der Waals surface area contributed by atoms with Crippen molar-refractivity contribution in [3.8, 4) is 0 Å². The van der Waals surface area contributed by atoms with Crippen LogP contribution in [0.5, 0.6) is 0 Å². The first-order valence-corrected chi connectivity index (χ1v) is 8.01. The van der Waals surface area contributed by atoms with Gasteiger partial charge in [0.15, 0.2) is 0 Å². The zero-order valence-electron chi connectivity index (χ0n) is 13.0. The van der Waals surface area contributed by atoms with Crippen LogP contribution in [0.2, 0.25) is 0 Å². The van der Waals surface area contributed by atoms with E-state index in [9.17, 15) is 0 Å². The fraction of sp³-hybridized carbons (Fsp3) is 0.421. The van der Waals surface area contributed by atoms with Crippen LogP contribution >= 0.6 is 0 Å². The van der Waals surface area contributed by atoms with Crippen LogP contribution < -0.4 is 5.32 Å². The lowest BCUT2D eigenvalue weighted by Crippen LogP contribution is -2.22. The summed E-state index contributed by atoms with van der Waals surface area (Å²) in [6, 6.07) is 11.9. The van der Waals surface area contributed by atoms with E-state index in [1.807, 2.05) is 12.4 Å². The maximum Gasteiger partial charge on any atom is 0.0298 e. The third-order valence-electron chi connectivity index (χ3n) is 4.58. The molecule has 1 aliphatic rings. The summed E-state index contributed by atoms with van der Waals surface area (Å²) < 4.78 is 0. The number of aryl methyl sites for hydroxylation is 2. The largest absolute Gasteiger partial charge is 0.304 e. The summed E-state index contributed by atoms with van der Waals surface area (Å²) in [4.78, 5) is 4.09. The number of aromatic nitrogens is 1. The average molecular weight is 280 g/mol. The van der Waals surface area contributed by atoms with Gasteiger partial charge in [0.25, 0.3) is 0 Å². The Morgan fingerprint density at radius 3 is 2.29 bits per heavy atom. The molecule has 1 aromatic carbocycles. The highest BCUT2D eigenvalue weighted by atomic mass is 14.9. The predicted molar refractivity (Wildman–Crippen MR) is 87.3 cm³/mol. The molecular formula is C19H24N2. The smallest absolute Gasteiger partial charge is 0.0298 e. The Hall–Kier alpha value is -1.67. The van der Waals surface area contributed by atoms with E-state index in [4.69, 9.17) is 0 Å². The highest BCUT2D eigenvalue weighted by Gasteiger charge is 2.14. The normalized spacial score (nSPS) is 17.0. The van der Waals surface area contributed by atoms with Gasteiger partial charge in [-0.05, 0) is 73.9 Å². The summed E-state index contributed by atoms with van der Waals surface area (Å²) in [5.74, 6) is 0. The molecule has 0 aliphatic heterocycles. The van der Waals surface area contributed by atoms with Crippen LogP contribution in [0.3, 0.4) is 0 Å². The number of nitrogens with zero attached hydrogens (tertiary/aromatic N) is 1. The molecule has 0 fully saturated rings. The molecule has 2 heteroatoms. The molecule has 2 atom stereocenters. The Labute approximate surface area is 127 Å². The first kappa shape index (κ1) is 14.3. The first-order valence-electron chi connectivity index (χ1n) is 8.01. The van der Waals surface area contributed by atoms with Crippen molar-refractivity contribution in [1.29, 1.82) is 0 Å². The summed E-state index contributed by atoms with van der Waals surface area (Å²) >= 11 is 0. The van der Waals surface area contributed by atoms with E-state index < -0.39 is 0 Å². The molecule has 0 amide bonds. The second-order valence-electron chi connectivity index (χ2n) is 6.13. The van der Waals surface area contributed by atoms with Gasteiger partial charge in [-0.1, -0.05) is 18.2 Å². The number of benzene rings is 1. The minimum Gasteiger partial charge on any atom is -0.304 e. The van der Waals surface area contributed by atoms with E-state index in [1.54, 1.807) is 11.1 Å². The Morgan fingerprint density at radius 2 is 1.52 bits per heavy atom. The number of rotatable bonds is 4. The second-order valence-corrected chi connectivity index (χ2v) is 6.13. The number of hydrogen-bond donors (Lipinski definition) is 1. The third-order valence-corrected chi connectivity index (χ3v) is 4.58. The fourth-order valence-corrected chi connectivity index (χ4v) is 3.24. The fourth-order valence-electron chi connectivity index (χ4n) is 3.24. The molecule has 0 radical (unpaired) electrons. The highest BCUT2D eigenvalue weighted by molar-refractivity contribution is 5.35. The maximum absolute atomic E-state index is 4.09. The highest BCUT2D eigenvalue weighted by Crippen LogP contribution is 2.26. The summed E-state index contributed by atoms with van der Waals surface area (Å²) in [6.07, 6.45) is 8.90. The van der Waals surface area contributed by atoms with Crippen LogP contribution in [0.1, 0.15) is 61.0 Å². The van der Waals surface area contributed by atoms with Gasteiger partial charge in [-0.25, -0.2) is 0 Å². The molecule has 21 heavy (non-hydrogen) atoms. The summed E-state index contributed by atoms with van der Waals surface area (Å²) in [5.41, 5.74) is 5.80. The zero-order chi connectivity index (χ0) is 14.7. The van der Waals surface area contributed by atoms with E-state index in [2.05, 4.69) is 54.5 Å². The molecule has 0 saturated heterocycles. The lowest BCUT2D eigenvalue weighted by Gasteiger charge is -2.23. The molecular weight excluding hydrogens is 256 g/mol. The molecule has 2 nitrogen and oxygen atoms in total. The lowest BCUT2D eigenvalue weighted by atomic mass is 9.89. The van der Waals surface area contributed by atoms with Crippen molar-refractivity contribution in [3.63, 3.8) is 0 Å². The summed E-state index contributed by atoms with van der Waals surface area (Å²) in [7, 11) is 0. The number of pyridine rings is 1. The Balaban J connectivity index is 1.72. The standard InChI is InChI=1S/C19H24N2/c1-14(16-9-11-20-12-10-16)21-15(2)18-8-7-17-5-3-4-6-19(17)13-18/h7-15,21H,3-6H2,1-2H3. The predicted octanol–water partition coefficient (Wildman–Crippen LogP) is 4.37. The number of fused-ring (bicyclic) bond motifs is 1. The molecule has 2 unspecified atom stereocenters. The minimum atomic E-state index is 0.332. The van der Waals surface area contributed by atoms with E-state index in [0.29, 0.717) is 12.1 Å². The molecule has 3 rings (SSSR count). The van der Waals surface area contributed by atoms with Gasteiger partial charge in [0, 0.05) is 24.5 Å². The molecule has 0 bridgehead atoms. The molecule has 110 valence electrons. The second kappa shape index (κ2) is 6.40. The van der Waals surface area contributed by atoms with Gasteiger partial charge in [0.05, 0.1) is 0 Å². The van der Waals surface area contributed by atoms with Crippen molar-refractivity contribution in [1.82, 2.24) is 10.3 Å². The van der Waals surface area contributed by atoms with E-state index in [1.165, 1.54) is 36.8 Å². The van der Waals surface area contributed by atoms with Gasteiger partial charge in [0.2, 0.25) is 0 Å². The Kier molecular flexibility index (Phi) is 4.35. The molecule has 0 saturated carbocycles. The lowest BCUT2D eigenvalue weighted by molar-refractivity contribution is 0.493. The van der Waals surface area contributed by atoms with Crippen molar-refractivity contribution in [2.45, 2.75) is 51.6 Å². The number of hydrogen-bond acceptors (Lipinski definition) is 2. The van der Waals surface area contributed by atoms with Gasteiger partial charge >= 0.3 is 0 Å². The zero-order valence-corrected chi connectivity index (χ0v) is 13.0. The SMILES string of the molecule is CC(NC(C)c1ccc2c(c1)CCCC2)c1ccncc1. The van der Waals surface area contributed by atoms with E-state index in [0.717, 1.165) is 0 Å². The monoisotopic (exact) mass is 280 g/mol. The molecule has 1 aromatic heterocycles. The van der Waals surface area contributed by atoms with Gasteiger partial charge in [-0.2, -0.15) is 0 Å². The number of nitrogens with one attached hydrogen (secondary N) is 1. The van der Waals surface area contributed by atoms with Crippen molar-refractivity contribution in [2.75, 3.05) is 0 Å². The van der Waals surface area contributed by atoms with Gasteiger partial charge < -0.3 is 5.32 Å².